The van der Waals surface area contributed by atoms with Crippen molar-refractivity contribution in [2.24, 2.45) is 0 Å². The Bertz CT molecular complexity index is 1280. The second kappa shape index (κ2) is 13.6. The van der Waals surface area contributed by atoms with Crippen molar-refractivity contribution in [2.75, 3.05) is 13.7 Å². The molecule has 0 N–H and O–H groups in total. The SMILES string of the molecule is COc1ccc(Cc2cc([C@@H]3O[C@H](COC(C)=O)[C@@H](OC(C)=O)[C@H](OC(C)=O)[C@H]3OC(C)=O)ccc2C#N)cc1. The van der Waals surface area contributed by atoms with Crippen molar-refractivity contribution in [3.63, 3.8) is 0 Å². The summed E-state index contributed by atoms with van der Waals surface area (Å²) < 4.78 is 33.1. The Kier molecular flexibility index (Phi) is 10.2. The number of benzene rings is 2. The van der Waals surface area contributed by atoms with Crippen molar-refractivity contribution in [3.8, 4) is 11.8 Å². The van der Waals surface area contributed by atoms with Crippen LogP contribution in [0, 0.1) is 11.3 Å². The maximum absolute atomic E-state index is 12.2. The Morgan fingerprint density at radius 1 is 0.825 bits per heavy atom. The van der Waals surface area contributed by atoms with E-state index in [2.05, 4.69) is 6.07 Å². The Balaban J connectivity index is 2.09. The van der Waals surface area contributed by atoms with Crippen LogP contribution in [0.15, 0.2) is 42.5 Å². The molecule has 1 saturated heterocycles. The van der Waals surface area contributed by atoms with Crippen LogP contribution in [0.2, 0.25) is 0 Å². The molecule has 1 aliphatic heterocycles. The highest BCUT2D eigenvalue weighted by molar-refractivity contribution is 5.69. The molecule has 40 heavy (non-hydrogen) atoms. The van der Waals surface area contributed by atoms with Gasteiger partial charge in [-0.05, 0) is 41.3 Å². The number of esters is 4. The molecule has 5 atom stereocenters. The van der Waals surface area contributed by atoms with Crippen LogP contribution < -0.4 is 4.74 Å². The molecule has 2 aromatic carbocycles. The minimum Gasteiger partial charge on any atom is -0.497 e. The zero-order valence-corrected chi connectivity index (χ0v) is 22.9. The Labute approximate surface area is 231 Å². The number of nitrogens with zero attached hydrogens (tertiary/aromatic N) is 1. The summed E-state index contributed by atoms with van der Waals surface area (Å²) in [6.45, 7) is 4.38. The topological polar surface area (TPSA) is 147 Å². The van der Waals surface area contributed by atoms with Gasteiger partial charge in [0, 0.05) is 27.7 Å². The fourth-order valence-corrected chi connectivity index (χ4v) is 4.51. The van der Waals surface area contributed by atoms with Gasteiger partial charge >= 0.3 is 23.9 Å². The molecular weight excluding hydrogens is 522 g/mol. The molecule has 2 aromatic rings. The molecule has 1 heterocycles. The predicted octanol–water partition coefficient (Wildman–Crippen LogP) is 2.96. The van der Waals surface area contributed by atoms with E-state index in [1.54, 1.807) is 25.3 Å². The molecule has 11 heteroatoms. The molecule has 0 aromatic heterocycles. The van der Waals surface area contributed by atoms with Crippen LogP contribution >= 0.6 is 0 Å². The molecule has 0 radical (unpaired) electrons. The van der Waals surface area contributed by atoms with Crippen LogP contribution in [0.1, 0.15) is 56.1 Å². The zero-order chi connectivity index (χ0) is 29.4. The Hall–Kier alpha value is -4.43. The van der Waals surface area contributed by atoms with Crippen molar-refractivity contribution < 1.29 is 47.6 Å². The van der Waals surface area contributed by atoms with Crippen molar-refractivity contribution in [2.45, 2.75) is 64.6 Å². The van der Waals surface area contributed by atoms with E-state index in [1.807, 2.05) is 24.3 Å². The summed E-state index contributed by atoms with van der Waals surface area (Å²) in [4.78, 5) is 47.8. The van der Waals surface area contributed by atoms with E-state index >= 15 is 0 Å². The molecule has 0 unspecified atom stereocenters. The number of hydrogen-bond acceptors (Lipinski definition) is 11. The highest BCUT2D eigenvalue weighted by Gasteiger charge is 2.52. The van der Waals surface area contributed by atoms with Crippen LogP contribution in [-0.2, 0) is 49.3 Å². The molecular formula is C29H31NO10. The number of carbonyl (C=O) groups is 4. The van der Waals surface area contributed by atoms with Crippen LogP contribution in [0.4, 0.5) is 0 Å². The second-order valence-corrected chi connectivity index (χ2v) is 9.17. The zero-order valence-electron chi connectivity index (χ0n) is 22.9. The smallest absolute Gasteiger partial charge is 0.303 e. The van der Waals surface area contributed by atoms with Crippen molar-refractivity contribution in [1.29, 1.82) is 5.26 Å². The first-order valence-electron chi connectivity index (χ1n) is 12.5. The molecule has 11 nitrogen and oxygen atoms in total. The molecule has 0 amide bonds. The van der Waals surface area contributed by atoms with E-state index in [0.29, 0.717) is 28.9 Å². The van der Waals surface area contributed by atoms with Gasteiger partial charge in [0.15, 0.2) is 18.3 Å². The monoisotopic (exact) mass is 553 g/mol. The number of nitriles is 1. The van der Waals surface area contributed by atoms with Gasteiger partial charge in [0.05, 0.1) is 18.7 Å². The van der Waals surface area contributed by atoms with E-state index < -0.39 is 54.4 Å². The fourth-order valence-electron chi connectivity index (χ4n) is 4.51. The van der Waals surface area contributed by atoms with Gasteiger partial charge in [0.1, 0.15) is 24.6 Å². The number of methoxy groups -OCH3 is 1. The third-order valence-electron chi connectivity index (χ3n) is 6.12. The van der Waals surface area contributed by atoms with Crippen LogP contribution in [-0.4, -0.2) is 62.0 Å². The summed E-state index contributed by atoms with van der Waals surface area (Å²) in [7, 11) is 1.57. The lowest BCUT2D eigenvalue weighted by molar-refractivity contribution is -0.254. The summed E-state index contributed by atoms with van der Waals surface area (Å²) in [5, 5.41) is 9.75. The minimum absolute atomic E-state index is 0.330. The molecule has 0 saturated carbocycles. The number of rotatable bonds is 9. The van der Waals surface area contributed by atoms with Crippen molar-refractivity contribution >= 4 is 23.9 Å². The highest BCUT2D eigenvalue weighted by atomic mass is 16.7. The van der Waals surface area contributed by atoms with Crippen LogP contribution in [0.25, 0.3) is 0 Å². The summed E-state index contributed by atoms with van der Waals surface area (Å²) >= 11 is 0. The lowest BCUT2D eigenvalue weighted by Crippen LogP contribution is -2.59. The largest absolute Gasteiger partial charge is 0.497 e. The van der Waals surface area contributed by atoms with E-state index in [0.717, 1.165) is 19.4 Å². The van der Waals surface area contributed by atoms with Gasteiger partial charge in [-0.3, -0.25) is 19.2 Å². The van der Waals surface area contributed by atoms with Gasteiger partial charge in [-0.1, -0.05) is 24.3 Å². The van der Waals surface area contributed by atoms with E-state index in [1.165, 1.54) is 13.8 Å². The first kappa shape index (κ1) is 30.1. The summed E-state index contributed by atoms with van der Waals surface area (Å²) in [5.74, 6) is -2.03. The predicted molar refractivity (Wildman–Crippen MR) is 138 cm³/mol. The molecule has 0 bridgehead atoms. The van der Waals surface area contributed by atoms with Gasteiger partial charge in [0.2, 0.25) is 0 Å². The normalized spacial score (nSPS) is 21.9. The second-order valence-electron chi connectivity index (χ2n) is 9.17. The maximum atomic E-state index is 12.2. The molecule has 3 rings (SSSR count). The third-order valence-corrected chi connectivity index (χ3v) is 6.12. The molecule has 212 valence electrons. The third kappa shape index (κ3) is 7.80. The van der Waals surface area contributed by atoms with Gasteiger partial charge in [-0.15, -0.1) is 0 Å². The molecule has 0 spiro atoms. The maximum Gasteiger partial charge on any atom is 0.303 e. The molecule has 0 aliphatic carbocycles. The van der Waals surface area contributed by atoms with Gasteiger partial charge in [0.25, 0.3) is 0 Å². The standard InChI is InChI=1S/C29H31NO10/c1-16(31)36-15-25-27(37-17(2)32)29(39-19(4)34)28(38-18(3)33)26(40-25)21-8-9-22(14-30)23(13-21)12-20-6-10-24(35-5)11-7-20/h6-11,13,25-29H,12,15H2,1-5H3/t25-,26+,27-,28+,29+/m1/s1. The number of carbonyl (C=O) groups excluding carboxylic acids is 4. The summed E-state index contributed by atoms with van der Waals surface area (Å²) in [6.07, 6.45) is -5.49. The molecule has 1 fully saturated rings. The number of ether oxygens (including phenoxy) is 6. The van der Waals surface area contributed by atoms with Crippen LogP contribution in [0.3, 0.4) is 0 Å². The number of hydrogen-bond donors (Lipinski definition) is 0. The summed E-state index contributed by atoms with van der Waals surface area (Å²) in [6, 6.07) is 14.5. The minimum atomic E-state index is -1.29. The average Bonchev–Trinajstić information content (AvgIpc) is 2.89. The molecule has 1 aliphatic rings. The fraction of sp³-hybridized carbons (Fsp3) is 0.414. The summed E-state index contributed by atoms with van der Waals surface area (Å²) in [5.41, 5.74) is 2.50. The Morgan fingerprint density at radius 2 is 1.43 bits per heavy atom. The lowest BCUT2D eigenvalue weighted by atomic mass is 9.88. The van der Waals surface area contributed by atoms with Crippen LogP contribution in [0.5, 0.6) is 5.75 Å². The first-order valence-corrected chi connectivity index (χ1v) is 12.5. The first-order chi connectivity index (χ1) is 19.0. The van der Waals surface area contributed by atoms with E-state index in [4.69, 9.17) is 28.4 Å². The van der Waals surface area contributed by atoms with Crippen molar-refractivity contribution in [1.82, 2.24) is 0 Å². The van der Waals surface area contributed by atoms with Gasteiger partial charge in [-0.2, -0.15) is 5.26 Å². The average molecular weight is 554 g/mol. The van der Waals surface area contributed by atoms with E-state index in [-0.39, 0.29) is 6.61 Å². The van der Waals surface area contributed by atoms with Gasteiger partial charge in [-0.25, -0.2) is 0 Å². The quantitative estimate of drug-likeness (QED) is 0.333. The highest BCUT2D eigenvalue weighted by Crippen LogP contribution is 2.38. The van der Waals surface area contributed by atoms with E-state index in [9.17, 15) is 24.4 Å². The van der Waals surface area contributed by atoms with Crippen molar-refractivity contribution in [3.05, 3.63) is 64.7 Å². The Morgan fingerprint density at radius 3 is 1.98 bits per heavy atom. The van der Waals surface area contributed by atoms with Gasteiger partial charge < -0.3 is 28.4 Å². The lowest BCUT2D eigenvalue weighted by Gasteiger charge is -2.44.